The molecule has 2 amide bonds. The van der Waals surface area contributed by atoms with Gasteiger partial charge in [-0.05, 0) is 68.8 Å². The zero-order valence-electron chi connectivity index (χ0n) is 17.0. The first-order valence-electron chi connectivity index (χ1n) is 10.6. The van der Waals surface area contributed by atoms with Crippen LogP contribution in [-0.4, -0.2) is 49.8 Å². The first-order chi connectivity index (χ1) is 14.7. The molecule has 6 nitrogen and oxygen atoms in total. The summed E-state index contributed by atoms with van der Waals surface area (Å²) in [7, 11) is 0. The van der Waals surface area contributed by atoms with E-state index in [0.717, 1.165) is 32.7 Å². The maximum atomic E-state index is 12.4. The molecule has 2 atom stereocenters. The Bertz CT molecular complexity index is 818. The van der Waals surface area contributed by atoms with Crippen LogP contribution in [0.2, 0.25) is 5.02 Å². The van der Waals surface area contributed by atoms with Gasteiger partial charge >= 0.3 is 6.03 Å². The van der Waals surface area contributed by atoms with Crippen LogP contribution in [0.15, 0.2) is 48.5 Å². The van der Waals surface area contributed by atoms with Crippen molar-refractivity contribution in [1.29, 1.82) is 0 Å². The average molecular weight is 430 g/mol. The van der Waals surface area contributed by atoms with Crippen LogP contribution in [-0.2, 0) is 4.74 Å². The van der Waals surface area contributed by atoms with Gasteiger partial charge in [-0.25, -0.2) is 4.79 Å². The molecule has 0 unspecified atom stereocenters. The Morgan fingerprint density at radius 3 is 2.63 bits per heavy atom. The van der Waals surface area contributed by atoms with Gasteiger partial charge in [0.15, 0.2) is 0 Å². The van der Waals surface area contributed by atoms with Crippen LogP contribution in [0.1, 0.15) is 19.3 Å². The van der Waals surface area contributed by atoms with E-state index in [1.165, 1.54) is 12.8 Å². The Hall–Kier alpha value is -2.28. The highest BCUT2D eigenvalue weighted by Gasteiger charge is 2.32. The lowest BCUT2D eigenvalue weighted by atomic mass is 9.97. The second kappa shape index (κ2) is 10.2. The van der Waals surface area contributed by atoms with Crippen LogP contribution in [0.3, 0.4) is 0 Å². The van der Waals surface area contributed by atoms with Crippen LogP contribution in [0.5, 0.6) is 11.5 Å². The third kappa shape index (κ3) is 5.45. The molecule has 30 heavy (non-hydrogen) atoms. The first-order valence-corrected chi connectivity index (χ1v) is 11.0. The van der Waals surface area contributed by atoms with Gasteiger partial charge in [-0.15, -0.1) is 0 Å². The molecule has 2 aliphatic rings. The number of para-hydroxylation sites is 1. The summed E-state index contributed by atoms with van der Waals surface area (Å²) in [6.07, 6.45) is 3.54. The minimum Gasteiger partial charge on any atom is -0.456 e. The molecule has 0 spiro atoms. The molecule has 0 aromatic heterocycles. The standard InChI is InChI=1S/C23H28ClN3O3/c24-20-5-1-2-6-22(20)30-19-9-7-18(8-10-19)26-23(28)25-15-21(17-11-14-29-16-17)27-12-3-4-13-27/h1-2,5-10,17,21H,3-4,11-16H2,(H2,25,26,28)/t17-,21+/m0/s1. The summed E-state index contributed by atoms with van der Waals surface area (Å²) in [6.45, 7) is 4.46. The molecular weight excluding hydrogens is 402 g/mol. The topological polar surface area (TPSA) is 62.8 Å². The maximum Gasteiger partial charge on any atom is 0.319 e. The summed E-state index contributed by atoms with van der Waals surface area (Å²) < 4.78 is 11.4. The highest BCUT2D eigenvalue weighted by molar-refractivity contribution is 6.32. The summed E-state index contributed by atoms with van der Waals surface area (Å²) in [4.78, 5) is 14.9. The van der Waals surface area contributed by atoms with E-state index in [4.69, 9.17) is 21.1 Å². The summed E-state index contributed by atoms with van der Waals surface area (Å²) >= 11 is 6.13. The molecule has 0 aliphatic carbocycles. The van der Waals surface area contributed by atoms with Crippen molar-refractivity contribution in [2.24, 2.45) is 5.92 Å². The number of likely N-dealkylation sites (tertiary alicyclic amines) is 1. The molecule has 2 fully saturated rings. The minimum absolute atomic E-state index is 0.196. The average Bonchev–Trinajstić information content (AvgIpc) is 3.46. The number of urea groups is 1. The molecule has 2 aromatic carbocycles. The quantitative estimate of drug-likeness (QED) is 0.666. The number of nitrogens with zero attached hydrogens (tertiary/aromatic N) is 1. The molecule has 2 saturated heterocycles. The predicted octanol–water partition coefficient (Wildman–Crippen LogP) is 4.75. The fraction of sp³-hybridized carbons (Fsp3) is 0.435. The Balaban J connectivity index is 1.29. The number of benzene rings is 2. The summed E-state index contributed by atoms with van der Waals surface area (Å²) in [5.74, 6) is 1.75. The van der Waals surface area contributed by atoms with Crippen molar-refractivity contribution in [2.75, 3.05) is 38.2 Å². The van der Waals surface area contributed by atoms with Crippen molar-refractivity contribution in [3.63, 3.8) is 0 Å². The van der Waals surface area contributed by atoms with E-state index in [2.05, 4.69) is 15.5 Å². The normalized spacial score (nSPS) is 20.1. The third-order valence-electron chi connectivity index (χ3n) is 5.77. The number of nitrogens with one attached hydrogen (secondary N) is 2. The fourth-order valence-corrected chi connectivity index (χ4v) is 4.33. The lowest BCUT2D eigenvalue weighted by molar-refractivity contribution is 0.135. The molecule has 0 saturated carbocycles. The molecule has 2 aromatic rings. The Kier molecular flexibility index (Phi) is 7.10. The van der Waals surface area contributed by atoms with Gasteiger partial charge in [0.25, 0.3) is 0 Å². The van der Waals surface area contributed by atoms with Crippen molar-refractivity contribution in [1.82, 2.24) is 10.2 Å². The lowest BCUT2D eigenvalue weighted by Crippen LogP contribution is -2.48. The van der Waals surface area contributed by atoms with Crippen molar-refractivity contribution < 1.29 is 14.3 Å². The minimum atomic E-state index is -0.196. The molecule has 2 N–H and O–H groups in total. The van der Waals surface area contributed by atoms with E-state index in [1.807, 2.05) is 42.5 Å². The number of amides is 2. The summed E-state index contributed by atoms with van der Waals surface area (Å²) in [5.41, 5.74) is 0.709. The van der Waals surface area contributed by atoms with Crippen molar-refractivity contribution in [3.8, 4) is 11.5 Å². The van der Waals surface area contributed by atoms with E-state index in [9.17, 15) is 4.79 Å². The van der Waals surface area contributed by atoms with Gasteiger partial charge in [0.05, 0.1) is 11.6 Å². The second-order valence-electron chi connectivity index (χ2n) is 7.83. The summed E-state index contributed by atoms with van der Waals surface area (Å²) in [6, 6.07) is 14.7. The number of carbonyl (C=O) groups excluding carboxylic acids is 1. The molecule has 2 heterocycles. The van der Waals surface area contributed by atoms with Crippen LogP contribution in [0.25, 0.3) is 0 Å². The Morgan fingerprint density at radius 2 is 1.93 bits per heavy atom. The highest BCUT2D eigenvalue weighted by Crippen LogP contribution is 2.29. The van der Waals surface area contributed by atoms with E-state index in [1.54, 1.807) is 6.07 Å². The van der Waals surface area contributed by atoms with Crippen LogP contribution in [0.4, 0.5) is 10.5 Å². The summed E-state index contributed by atoms with van der Waals surface area (Å²) in [5, 5.41) is 6.51. The van der Waals surface area contributed by atoms with Crippen molar-refractivity contribution >= 4 is 23.3 Å². The van der Waals surface area contributed by atoms with Gasteiger partial charge < -0.3 is 20.1 Å². The van der Waals surface area contributed by atoms with Crippen molar-refractivity contribution in [2.45, 2.75) is 25.3 Å². The molecular formula is C23H28ClN3O3. The van der Waals surface area contributed by atoms with E-state index in [-0.39, 0.29) is 6.03 Å². The first kappa shape index (κ1) is 21.0. The van der Waals surface area contributed by atoms with E-state index >= 15 is 0 Å². The SMILES string of the molecule is O=C(NC[C@H]([C@H]1CCOC1)N1CCCC1)Nc1ccc(Oc2ccccc2Cl)cc1. The maximum absolute atomic E-state index is 12.4. The number of anilines is 1. The molecule has 0 bridgehead atoms. The van der Waals surface area contributed by atoms with Crippen molar-refractivity contribution in [3.05, 3.63) is 53.6 Å². The van der Waals surface area contributed by atoms with Gasteiger partial charge in [-0.3, -0.25) is 4.90 Å². The third-order valence-corrected chi connectivity index (χ3v) is 6.08. The van der Waals surface area contributed by atoms with Gasteiger partial charge in [-0.2, -0.15) is 0 Å². The van der Waals surface area contributed by atoms with Crippen LogP contribution in [0, 0.1) is 5.92 Å². The van der Waals surface area contributed by atoms with Gasteiger partial charge in [0.2, 0.25) is 0 Å². The smallest absolute Gasteiger partial charge is 0.319 e. The number of carbonyl (C=O) groups is 1. The predicted molar refractivity (Wildman–Crippen MR) is 119 cm³/mol. The van der Waals surface area contributed by atoms with Crippen LogP contribution < -0.4 is 15.4 Å². The number of halogens is 1. The fourth-order valence-electron chi connectivity index (χ4n) is 4.16. The number of hydrogen-bond acceptors (Lipinski definition) is 4. The Morgan fingerprint density at radius 1 is 1.17 bits per heavy atom. The molecule has 160 valence electrons. The van der Waals surface area contributed by atoms with Gasteiger partial charge in [0.1, 0.15) is 11.5 Å². The molecule has 4 rings (SSSR count). The van der Waals surface area contributed by atoms with Gasteiger partial charge in [0, 0.05) is 30.8 Å². The second-order valence-corrected chi connectivity index (χ2v) is 8.23. The molecule has 7 heteroatoms. The zero-order valence-corrected chi connectivity index (χ0v) is 17.7. The van der Waals surface area contributed by atoms with Gasteiger partial charge in [-0.1, -0.05) is 23.7 Å². The molecule has 0 radical (unpaired) electrons. The Labute approximate surface area is 182 Å². The largest absolute Gasteiger partial charge is 0.456 e. The number of hydrogen-bond donors (Lipinski definition) is 2. The van der Waals surface area contributed by atoms with E-state index < -0.39 is 0 Å². The monoisotopic (exact) mass is 429 g/mol. The number of rotatable bonds is 7. The number of ether oxygens (including phenoxy) is 2. The zero-order chi connectivity index (χ0) is 20.8. The molecule has 2 aliphatic heterocycles. The van der Waals surface area contributed by atoms with Crippen LogP contribution >= 0.6 is 11.6 Å². The van der Waals surface area contributed by atoms with E-state index in [0.29, 0.717) is 40.7 Å². The highest BCUT2D eigenvalue weighted by atomic mass is 35.5. The lowest BCUT2D eigenvalue weighted by Gasteiger charge is -2.31.